The first-order chi connectivity index (χ1) is 6.24. The molecule has 0 amide bonds. The summed E-state index contributed by atoms with van der Waals surface area (Å²) in [6.45, 7) is 2.46. The number of ether oxygens (including phenoxy) is 1. The van der Waals surface area contributed by atoms with Crippen molar-refractivity contribution in [1.82, 2.24) is 9.78 Å². The first kappa shape index (κ1) is 9.73. The fraction of sp³-hybridized carbons (Fsp3) is 0.500. The second-order valence-corrected chi connectivity index (χ2v) is 2.49. The number of carbonyl (C=O) groups excluding carboxylic acids is 1. The van der Waals surface area contributed by atoms with Crippen molar-refractivity contribution >= 4 is 6.29 Å². The number of hydrogen-bond donors (Lipinski definition) is 1. The Labute approximate surface area is 75.9 Å². The fourth-order valence-electron chi connectivity index (χ4n) is 1.15. The van der Waals surface area contributed by atoms with Gasteiger partial charge in [0, 0.05) is 6.54 Å². The van der Waals surface area contributed by atoms with E-state index >= 15 is 0 Å². The topological polar surface area (TPSA) is 64.3 Å². The molecule has 0 saturated carbocycles. The number of nitrogens with zero attached hydrogens (tertiary/aromatic N) is 2. The van der Waals surface area contributed by atoms with Gasteiger partial charge in [0.05, 0.1) is 13.3 Å². The molecule has 1 rings (SSSR count). The number of aromatic nitrogens is 2. The average Bonchev–Trinajstić information content (AvgIpc) is 2.59. The molecule has 1 aromatic heterocycles. The Kier molecular flexibility index (Phi) is 3.02. The molecule has 1 unspecified atom stereocenters. The number of methoxy groups -OCH3 is 1. The minimum atomic E-state index is -1.17. The van der Waals surface area contributed by atoms with E-state index in [1.165, 1.54) is 18.0 Å². The predicted molar refractivity (Wildman–Crippen MR) is 45.5 cm³/mol. The van der Waals surface area contributed by atoms with Gasteiger partial charge in [0.15, 0.2) is 18.1 Å². The lowest BCUT2D eigenvalue weighted by Crippen LogP contribution is -2.09. The average molecular weight is 184 g/mol. The molecular weight excluding hydrogens is 172 g/mol. The summed E-state index contributed by atoms with van der Waals surface area (Å²) in [6, 6.07) is 0. The molecule has 1 atom stereocenters. The van der Waals surface area contributed by atoms with Crippen LogP contribution in [0.15, 0.2) is 6.20 Å². The van der Waals surface area contributed by atoms with E-state index in [1.54, 1.807) is 0 Å². The molecule has 5 nitrogen and oxygen atoms in total. The summed E-state index contributed by atoms with van der Waals surface area (Å²) in [4.78, 5) is 10.4. The van der Waals surface area contributed by atoms with Gasteiger partial charge in [-0.3, -0.25) is 4.68 Å². The quantitative estimate of drug-likeness (QED) is 0.676. The first-order valence-corrected chi connectivity index (χ1v) is 3.97. The third-order valence-electron chi connectivity index (χ3n) is 1.77. The molecule has 0 spiro atoms. The number of aryl methyl sites for hydroxylation is 1. The predicted octanol–water partition coefficient (Wildman–Crippen LogP) is 0.144. The van der Waals surface area contributed by atoms with E-state index in [4.69, 9.17) is 4.74 Å². The molecule has 0 aliphatic carbocycles. The Hall–Kier alpha value is -1.36. The molecule has 1 aromatic rings. The molecule has 0 fully saturated rings. The van der Waals surface area contributed by atoms with Crippen LogP contribution < -0.4 is 4.74 Å². The molecular formula is C8H12N2O3. The van der Waals surface area contributed by atoms with Gasteiger partial charge in [-0.05, 0) is 6.92 Å². The molecule has 1 heterocycles. The second kappa shape index (κ2) is 4.04. The monoisotopic (exact) mass is 184 g/mol. The van der Waals surface area contributed by atoms with E-state index in [2.05, 4.69) is 5.10 Å². The minimum absolute atomic E-state index is 0.403. The van der Waals surface area contributed by atoms with Crippen molar-refractivity contribution in [2.75, 3.05) is 7.11 Å². The Morgan fingerprint density at radius 2 is 2.54 bits per heavy atom. The Balaban J connectivity index is 3.11. The van der Waals surface area contributed by atoms with Gasteiger partial charge in [0.1, 0.15) is 5.69 Å². The van der Waals surface area contributed by atoms with Crippen LogP contribution in [0.4, 0.5) is 0 Å². The normalized spacial score (nSPS) is 12.5. The zero-order chi connectivity index (χ0) is 9.84. The summed E-state index contributed by atoms with van der Waals surface area (Å²) in [6.07, 6.45) is 0.759. The van der Waals surface area contributed by atoms with Gasteiger partial charge < -0.3 is 14.6 Å². The molecule has 0 saturated heterocycles. The summed E-state index contributed by atoms with van der Waals surface area (Å²) >= 11 is 0. The van der Waals surface area contributed by atoms with Crippen LogP contribution in [0.5, 0.6) is 5.75 Å². The third-order valence-corrected chi connectivity index (χ3v) is 1.77. The smallest absolute Gasteiger partial charge is 0.163 e. The van der Waals surface area contributed by atoms with E-state index in [9.17, 15) is 9.90 Å². The number of hydrogen-bond acceptors (Lipinski definition) is 4. The van der Waals surface area contributed by atoms with Crippen LogP contribution >= 0.6 is 0 Å². The summed E-state index contributed by atoms with van der Waals surface area (Å²) in [5.74, 6) is 0.432. The van der Waals surface area contributed by atoms with Crippen molar-refractivity contribution in [2.45, 2.75) is 19.6 Å². The first-order valence-electron chi connectivity index (χ1n) is 3.97. The largest absolute Gasteiger partial charge is 0.493 e. The molecule has 0 aromatic carbocycles. The fourth-order valence-corrected chi connectivity index (χ4v) is 1.15. The summed E-state index contributed by atoms with van der Waals surface area (Å²) in [5, 5.41) is 13.3. The Bertz CT molecular complexity index is 274. The van der Waals surface area contributed by atoms with Gasteiger partial charge in [-0.15, -0.1) is 0 Å². The van der Waals surface area contributed by atoms with Gasteiger partial charge in [-0.1, -0.05) is 0 Å². The summed E-state index contributed by atoms with van der Waals surface area (Å²) in [5.41, 5.74) is 0.403. The van der Waals surface area contributed by atoms with E-state index in [0.29, 0.717) is 24.3 Å². The zero-order valence-corrected chi connectivity index (χ0v) is 7.60. The number of aliphatic hydroxyl groups excluding tert-OH is 1. The van der Waals surface area contributed by atoms with Crippen LogP contribution in [0.25, 0.3) is 0 Å². The summed E-state index contributed by atoms with van der Waals surface area (Å²) < 4.78 is 6.47. The second-order valence-electron chi connectivity index (χ2n) is 2.49. The van der Waals surface area contributed by atoms with Crippen molar-refractivity contribution in [2.24, 2.45) is 0 Å². The number of aliphatic hydroxyl groups is 1. The molecule has 13 heavy (non-hydrogen) atoms. The van der Waals surface area contributed by atoms with Crippen molar-refractivity contribution in [3.05, 3.63) is 11.9 Å². The Morgan fingerprint density at radius 3 is 3.00 bits per heavy atom. The van der Waals surface area contributed by atoms with Crippen LogP contribution in [-0.2, 0) is 11.3 Å². The van der Waals surface area contributed by atoms with E-state index < -0.39 is 6.10 Å². The lowest BCUT2D eigenvalue weighted by Gasteiger charge is -2.07. The number of rotatable bonds is 4. The highest BCUT2D eigenvalue weighted by Gasteiger charge is 2.18. The van der Waals surface area contributed by atoms with Crippen molar-refractivity contribution in [3.8, 4) is 5.75 Å². The molecule has 0 bridgehead atoms. The SMILES string of the molecule is CCn1ncc(OC)c1C(O)C=O. The maximum absolute atomic E-state index is 10.4. The van der Waals surface area contributed by atoms with E-state index in [-0.39, 0.29) is 0 Å². The van der Waals surface area contributed by atoms with Crippen LogP contribution in [0.2, 0.25) is 0 Å². The number of aldehydes is 1. The van der Waals surface area contributed by atoms with Gasteiger partial charge in [0.2, 0.25) is 0 Å². The standard InChI is InChI=1S/C8H12N2O3/c1-3-10-8(6(12)5-11)7(13-2)4-9-10/h4-6,12H,3H2,1-2H3. The third kappa shape index (κ3) is 1.70. The molecule has 0 radical (unpaired) electrons. The van der Waals surface area contributed by atoms with E-state index in [1.807, 2.05) is 6.92 Å². The molecule has 0 aliphatic heterocycles. The lowest BCUT2D eigenvalue weighted by atomic mass is 10.2. The Morgan fingerprint density at radius 1 is 1.85 bits per heavy atom. The van der Waals surface area contributed by atoms with Gasteiger partial charge in [-0.25, -0.2) is 0 Å². The van der Waals surface area contributed by atoms with Crippen LogP contribution in [0, 0.1) is 0 Å². The molecule has 0 aliphatic rings. The number of carbonyl (C=O) groups is 1. The van der Waals surface area contributed by atoms with Crippen molar-refractivity contribution in [1.29, 1.82) is 0 Å². The van der Waals surface area contributed by atoms with Crippen LogP contribution in [0.3, 0.4) is 0 Å². The highest BCUT2D eigenvalue weighted by atomic mass is 16.5. The summed E-state index contributed by atoms with van der Waals surface area (Å²) in [7, 11) is 1.47. The van der Waals surface area contributed by atoms with Crippen molar-refractivity contribution < 1.29 is 14.6 Å². The molecule has 1 N–H and O–H groups in total. The van der Waals surface area contributed by atoms with Gasteiger partial charge >= 0.3 is 0 Å². The van der Waals surface area contributed by atoms with Crippen molar-refractivity contribution in [3.63, 3.8) is 0 Å². The zero-order valence-electron chi connectivity index (χ0n) is 7.60. The maximum Gasteiger partial charge on any atom is 0.163 e. The minimum Gasteiger partial charge on any atom is -0.493 e. The molecule has 72 valence electrons. The highest BCUT2D eigenvalue weighted by Crippen LogP contribution is 2.23. The van der Waals surface area contributed by atoms with E-state index in [0.717, 1.165) is 0 Å². The van der Waals surface area contributed by atoms with Gasteiger partial charge in [-0.2, -0.15) is 5.10 Å². The lowest BCUT2D eigenvalue weighted by molar-refractivity contribution is -0.115. The highest BCUT2D eigenvalue weighted by molar-refractivity contribution is 5.60. The molecule has 5 heteroatoms. The van der Waals surface area contributed by atoms with Crippen LogP contribution in [0.1, 0.15) is 18.7 Å². The maximum atomic E-state index is 10.4. The van der Waals surface area contributed by atoms with Gasteiger partial charge in [0.25, 0.3) is 0 Å². The van der Waals surface area contributed by atoms with Crippen LogP contribution in [-0.4, -0.2) is 28.3 Å².